The second kappa shape index (κ2) is 16.2. The minimum Gasteiger partial charge on any atom is -0.478 e. The molecule has 0 fully saturated rings. The molecule has 2 aliphatic heterocycles. The van der Waals surface area contributed by atoms with Crippen LogP contribution in [0, 0.1) is 0 Å². The van der Waals surface area contributed by atoms with E-state index >= 15 is 0 Å². The van der Waals surface area contributed by atoms with Gasteiger partial charge in [-0.25, -0.2) is 19.6 Å². The molecular weight excluding hydrogens is 408 g/mol. The SMILES string of the molecule is CCOC1CCSC(N)=N1.CCOC1CCSC(N)=N1.O=C(O)C=CC(=O)O. The molecule has 0 aromatic heterocycles. The minimum absolute atomic E-state index is 0.0197. The fourth-order valence-electron chi connectivity index (χ4n) is 1.78. The highest BCUT2D eigenvalue weighted by molar-refractivity contribution is 8.14. The summed E-state index contributed by atoms with van der Waals surface area (Å²) in [7, 11) is 0. The van der Waals surface area contributed by atoms with E-state index in [4.69, 9.17) is 31.2 Å². The largest absolute Gasteiger partial charge is 0.478 e. The lowest BCUT2D eigenvalue weighted by Crippen LogP contribution is -2.22. The molecule has 2 atom stereocenters. The van der Waals surface area contributed by atoms with E-state index < -0.39 is 11.9 Å². The van der Waals surface area contributed by atoms with Crippen LogP contribution in [0.4, 0.5) is 0 Å². The maximum Gasteiger partial charge on any atom is 0.328 e. The van der Waals surface area contributed by atoms with Crippen LogP contribution in [0.2, 0.25) is 0 Å². The number of nitrogens with zero attached hydrogens (tertiary/aromatic N) is 2. The number of carboxylic acids is 2. The summed E-state index contributed by atoms with van der Waals surface area (Å²) < 4.78 is 10.5. The fourth-order valence-corrected chi connectivity index (χ4v) is 3.23. The molecule has 0 aliphatic carbocycles. The molecule has 0 aromatic carbocycles. The van der Waals surface area contributed by atoms with Crippen LogP contribution in [0.15, 0.2) is 22.1 Å². The molecule has 0 radical (unpaired) electrons. The highest BCUT2D eigenvalue weighted by Crippen LogP contribution is 2.16. The minimum atomic E-state index is -1.26. The number of hydrogen-bond donors (Lipinski definition) is 4. The van der Waals surface area contributed by atoms with Gasteiger partial charge in [-0.2, -0.15) is 0 Å². The van der Waals surface area contributed by atoms with E-state index in [0.717, 1.165) is 24.3 Å². The van der Waals surface area contributed by atoms with Crippen LogP contribution in [0.1, 0.15) is 26.7 Å². The average Bonchev–Trinajstić information content (AvgIpc) is 2.62. The Hall–Kier alpha value is -1.76. The highest BCUT2D eigenvalue weighted by Gasteiger charge is 2.13. The molecule has 0 aromatic rings. The molecule has 160 valence electrons. The van der Waals surface area contributed by atoms with Crippen molar-refractivity contribution < 1.29 is 29.3 Å². The lowest BCUT2D eigenvalue weighted by atomic mass is 10.4. The first-order valence-electron chi connectivity index (χ1n) is 8.57. The van der Waals surface area contributed by atoms with Crippen molar-refractivity contribution in [3.05, 3.63) is 12.2 Å². The number of rotatable bonds is 6. The molecule has 0 saturated heterocycles. The number of hydrogen-bond acceptors (Lipinski definition) is 10. The zero-order valence-corrected chi connectivity index (χ0v) is 17.6. The molecule has 12 heteroatoms. The number of carboxylic acid groups (broad SMARTS) is 2. The predicted octanol–water partition coefficient (Wildman–Crippen LogP) is 1.31. The maximum atomic E-state index is 9.55. The van der Waals surface area contributed by atoms with Crippen LogP contribution < -0.4 is 11.5 Å². The fraction of sp³-hybridized carbons (Fsp3) is 0.625. The van der Waals surface area contributed by atoms with Gasteiger partial charge in [-0.1, -0.05) is 23.5 Å². The molecule has 0 amide bonds. The molecule has 0 saturated carbocycles. The van der Waals surface area contributed by atoms with Crippen LogP contribution in [0.3, 0.4) is 0 Å². The quantitative estimate of drug-likeness (QED) is 0.445. The molecule has 0 bridgehead atoms. The molecule has 10 nitrogen and oxygen atoms in total. The summed E-state index contributed by atoms with van der Waals surface area (Å²) in [6.07, 6.45) is 3.13. The first-order valence-corrected chi connectivity index (χ1v) is 10.5. The van der Waals surface area contributed by atoms with Gasteiger partial charge in [-0.05, 0) is 13.8 Å². The van der Waals surface area contributed by atoms with Crippen molar-refractivity contribution in [1.29, 1.82) is 0 Å². The maximum absolute atomic E-state index is 9.55. The Morgan fingerprint density at radius 1 is 0.964 bits per heavy atom. The number of thioether (sulfide) groups is 2. The first kappa shape index (κ1) is 26.2. The van der Waals surface area contributed by atoms with Gasteiger partial charge in [0, 0.05) is 49.7 Å². The Kier molecular flexibility index (Phi) is 15.2. The first-order chi connectivity index (χ1) is 13.3. The van der Waals surface area contributed by atoms with Crippen molar-refractivity contribution in [1.82, 2.24) is 0 Å². The number of aliphatic imine (C=N–C) groups is 2. The van der Waals surface area contributed by atoms with Crippen molar-refractivity contribution in [2.45, 2.75) is 39.1 Å². The number of ether oxygens (including phenoxy) is 2. The van der Waals surface area contributed by atoms with Crippen molar-refractivity contribution in [2.24, 2.45) is 21.5 Å². The van der Waals surface area contributed by atoms with Crippen LogP contribution in [0.5, 0.6) is 0 Å². The lowest BCUT2D eigenvalue weighted by molar-refractivity contribution is -0.134. The third kappa shape index (κ3) is 15.3. The van der Waals surface area contributed by atoms with Crippen molar-refractivity contribution >= 4 is 45.8 Å². The Balaban J connectivity index is 0.000000394. The van der Waals surface area contributed by atoms with Gasteiger partial charge in [0.2, 0.25) is 0 Å². The topological polar surface area (TPSA) is 170 Å². The monoisotopic (exact) mass is 436 g/mol. The lowest BCUT2D eigenvalue weighted by Gasteiger charge is -2.16. The molecule has 6 N–H and O–H groups in total. The second-order valence-corrected chi connectivity index (χ2v) is 7.27. The van der Waals surface area contributed by atoms with E-state index in [1.54, 1.807) is 23.5 Å². The average molecular weight is 437 g/mol. The molecule has 2 aliphatic rings. The summed E-state index contributed by atoms with van der Waals surface area (Å²) in [6.45, 7) is 5.36. The zero-order valence-electron chi connectivity index (χ0n) is 15.9. The van der Waals surface area contributed by atoms with Gasteiger partial charge in [0.15, 0.2) is 22.8 Å². The molecule has 0 spiro atoms. The summed E-state index contributed by atoms with van der Waals surface area (Å²) in [4.78, 5) is 27.3. The summed E-state index contributed by atoms with van der Waals surface area (Å²) in [6, 6.07) is 0. The molecule has 2 unspecified atom stereocenters. The zero-order chi connectivity index (χ0) is 21.4. The van der Waals surface area contributed by atoms with Crippen molar-refractivity contribution in [2.75, 3.05) is 24.7 Å². The third-order valence-electron chi connectivity index (χ3n) is 2.86. The Morgan fingerprint density at radius 2 is 1.32 bits per heavy atom. The summed E-state index contributed by atoms with van der Waals surface area (Å²) >= 11 is 3.19. The summed E-state index contributed by atoms with van der Waals surface area (Å²) in [5.74, 6) is -0.459. The molecule has 28 heavy (non-hydrogen) atoms. The predicted molar refractivity (Wildman–Crippen MR) is 113 cm³/mol. The van der Waals surface area contributed by atoms with Crippen LogP contribution >= 0.6 is 23.5 Å². The van der Waals surface area contributed by atoms with Crippen molar-refractivity contribution in [3.63, 3.8) is 0 Å². The standard InChI is InChI=1S/2C6H12N2OS.C4H4O4/c2*1-2-9-5-3-4-10-6(7)8-5;5-3(6)1-2-4(7)8/h2*5H,2-4H2,1H3,(H2,7,8);1-2H,(H,5,6)(H,7,8). The smallest absolute Gasteiger partial charge is 0.328 e. The summed E-state index contributed by atoms with van der Waals surface area (Å²) in [5, 5.41) is 16.9. The van der Waals surface area contributed by atoms with E-state index in [1.165, 1.54) is 0 Å². The Labute approximate surface area is 172 Å². The number of nitrogens with two attached hydrogens (primary N) is 2. The molecule has 2 heterocycles. The summed E-state index contributed by atoms with van der Waals surface area (Å²) in [5.41, 5.74) is 11.0. The van der Waals surface area contributed by atoms with E-state index in [-0.39, 0.29) is 12.5 Å². The van der Waals surface area contributed by atoms with Crippen LogP contribution in [-0.4, -0.2) is 69.7 Å². The Bertz CT molecular complexity index is 523. The Morgan fingerprint density at radius 3 is 1.57 bits per heavy atom. The van der Waals surface area contributed by atoms with E-state index in [2.05, 4.69) is 9.98 Å². The third-order valence-corrected chi connectivity index (χ3v) is 4.54. The van der Waals surface area contributed by atoms with Gasteiger partial charge in [-0.15, -0.1) is 0 Å². The van der Waals surface area contributed by atoms with E-state index in [0.29, 0.717) is 35.7 Å². The van der Waals surface area contributed by atoms with Crippen LogP contribution in [-0.2, 0) is 19.1 Å². The van der Waals surface area contributed by atoms with Gasteiger partial charge in [0.05, 0.1) is 0 Å². The molecular formula is C16H28N4O6S2. The van der Waals surface area contributed by atoms with Gasteiger partial charge < -0.3 is 31.2 Å². The van der Waals surface area contributed by atoms with Gasteiger partial charge >= 0.3 is 11.9 Å². The van der Waals surface area contributed by atoms with Crippen molar-refractivity contribution in [3.8, 4) is 0 Å². The normalized spacial score (nSPS) is 21.4. The van der Waals surface area contributed by atoms with Gasteiger partial charge in [0.1, 0.15) is 0 Å². The van der Waals surface area contributed by atoms with Crippen LogP contribution in [0.25, 0.3) is 0 Å². The highest BCUT2D eigenvalue weighted by atomic mass is 32.2. The van der Waals surface area contributed by atoms with Gasteiger partial charge in [0.25, 0.3) is 0 Å². The van der Waals surface area contributed by atoms with Gasteiger partial charge in [-0.3, -0.25) is 0 Å². The van der Waals surface area contributed by atoms with E-state index in [1.807, 2.05) is 13.8 Å². The van der Waals surface area contributed by atoms with E-state index in [9.17, 15) is 9.59 Å². The molecule has 2 rings (SSSR count). The number of amidine groups is 2. The number of aliphatic carboxylic acids is 2. The number of carbonyl (C=O) groups is 2. The second-order valence-electron chi connectivity index (χ2n) is 5.04.